The highest BCUT2D eigenvalue weighted by Crippen LogP contribution is 2.37. The van der Waals surface area contributed by atoms with Crippen molar-refractivity contribution >= 4 is 5.97 Å². The Balaban J connectivity index is 1.28. The van der Waals surface area contributed by atoms with E-state index in [1.54, 1.807) is 0 Å². The summed E-state index contributed by atoms with van der Waals surface area (Å²) in [5.41, 5.74) is 2.29. The van der Waals surface area contributed by atoms with Gasteiger partial charge in [-0.1, -0.05) is 30.7 Å². The Hall–Kier alpha value is -1.39. The smallest absolute Gasteiger partial charge is 0.308 e. The van der Waals surface area contributed by atoms with Gasteiger partial charge in [0.25, 0.3) is 0 Å². The van der Waals surface area contributed by atoms with Crippen LogP contribution in [0.15, 0.2) is 24.3 Å². The van der Waals surface area contributed by atoms with Crippen molar-refractivity contribution < 1.29 is 14.3 Å². The minimum Gasteiger partial charge on any atom is -0.460 e. The van der Waals surface area contributed by atoms with E-state index in [1.165, 1.54) is 50.0 Å². The Kier molecular flexibility index (Phi) is 7.53. The minimum atomic E-state index is -0.424. The predicted octanol–water partition coefficient (Wildman–Crippen LogP) is 4.25. The number of hydrogen-bond donors (Lipinski definition) is 0. The molecular formula is C24H37NO3. The second kappa shape index (κ2) is 9.89. The quantitative estimate of drug-likeness (QED) is 0.469. The van der Waals surface area contributed by atoms with Gasteiger partial charge >= 0.3 is 5.97 Å². The summed E-state index contributed by atoms with van der Waals surface area (Å²) < 4.78 is 10.9. The molecule has 28 heavy (non-hydrogen) atoms. The zero-order valence-corrected chi connectivity index (χ0v) is 17.9. The van der Waals surface area contributed by atoms with Gasteiger partial charge in [0.2, 0.25) is 0 Å². The van der Waals surface area contributed by atoms with E-state index < -0.39 is 5.60 Å². The van der Waals surface area contributed by atoms with Gasteiger partial charge in [0.15, 0.2) is 0 Å². The van der Waals surface area contributed by atoms with Crippen LogP contribution in [0.1, 0.15) is 57.6 Å². The molecule has 1 saturated carbocycles. The molecule has 1 aliphatic carbocycles. The van der Waals surface area contributed by atoms with Crippen molar-refractivity contribution in [2.45, 2.75) is 64.9 Å². The fourth-order valence-electron chi connectivity index (χ4n) is 4.51. The van der Waals surface area contributed by atoms with E-state index in [1.807, 2.05) is 20.8 Å². The van der Waals surface area contributed by atoms with Gasteiger partial charge in [0.05, 0.1) is 19.6 Å². The van der Waals surface area contributed by atoms with Crippen molar-refractivity contribution in [3.05, 3.63) is 35.4 Å². The Bertz CT molecular complexity index is 608. The highest BCUT2D eigenvalue weighted by molar-refractivity contribution is 5.69. The largest absolute Gasteiger partial charge is 0.460 e. The second-order valence-electron chi connectivity index (χ2n) is 9.48. The number of ether oxygens (including phenoxy) is 2. The molecule has 2 unspecified atom stereocenters. The number of fused-ring (bicyclic) bond motifs is 1. The monoisotopic (exact) mass is 387 g/mol. The van der Waals surface area contributed by atoms with Gasteiger partial charge in [-0.15, -0.1) is 0 Å². The van der Waals surface area contributed by atoms with Crippen molar-refractivity contribution in [2.75, 3.05) is 32.8 Å². The molecule has 0 radical (unpaired) electrons. The van der Waals surface area contributed by atoms with Crippen LogP contribution in [0.3, 0.4) is 0 Å². The van der Waals surface area contributed by atoms with E-state index in [9.17, 15) is 4.79 Å². The van der Waals surface area contributed by atoms with Crippen LogP contribution in [-0.2, 0) is 27.1 Å². The molecule has 2 aliphatic rings. The maximum Gasteiger partial charge on any atom is 0.308 e. The summed E-state index contributed by atoms with van der Waals surface area (Å²) in [5.74, 6) is 1.77. The minimum absolute atomic E-state index is 0.196. The molecule has 0 amide bonds. The molecule has 2 fully saturated rings. The molecule has 0 bridgehead atoms. The molecule has 0 N–H and O–H groups in total. The van der Waals surface area contributed by atoms with Crippen molar-refractivity contribution in [2.24, 2.45) is 11.8 Å². The van der Waals surface area contributed by atoms with Crippen molar-refractivity contribution in [1.82, 2.24) is 4.90 Å². The summed E-state index contributed by atoms with van der Waals surface area (Å²) in [6, 6.07) is 8.94. The number of nitrogens with zero attached hydrogens (tertiary/aromatic N) is 1. The highest BCUT2D eigenvalue weighted by Gasteiger charge is 2.35. The summed E-state index contributed by atoms with van der Waals surface area (Å²) in [7, 11) is 0. The summed E-state index contributed by atoms with van der Waals surface area (Å²) >= 11 is 0. The van der Waals surface area contributed by atoms with Gasteiger partial charge < -0.3 is 14.4 Å². The molecule has 1 aliphatic heterocycles. The number of carbonyl (C=O) groups is 1. The van der Waals surface area contributed by atoms with Gasteiger partial charge in [-0.25, -0.2) is 0 Å². The third-order valence-corrected chi connectivity index (χ3v) is 5.95. The maximum absolute atomic E-state index is 11.6. The molecule has 4 nitrogen and oxygen atoms in total. The number of likely N-dealkylation sites (tertiary alicyclic amines) is 1. The molecule has 1 heterocycles. The third kappa shape index (κ3) is 6.89. The van der Waals surface area contributed by atoms with E-state index in [2.05, 4.69) is 29.2 Å². The van der Waals surface area contributed by atoms with E-state index in [-0.39, 0.29) is 5.97 Å². The summed E-state index contributed by atoms with van der Waals surface area (Å²) in [4.78, 5) is 14.3. The topological polar surface area (TPSA) is 38.8 Å². The van der Waals surface area contributed by atoms with E-state index in [0.29, 0.717) is 19.6 Å². The van der Waals surface area contributed by atoms with E-state index in [0.717, 1.165) is 24.7 Å². The fraction of sp³-hybridized carbons (Fsp3) is 0.708. The SMILES string of the molecule is CC(C)(C)OC(=O)CCOCCc1ccc(CCN2CC3CCCC3C2)cc1. The molecule has 0 spiro atoms. The highest BCUT2D eigenvalue weighted by atomic mass is 16.6. The van der Waals surface area contributed by atoms with Gasteiger partial charge in [0.1, 0.15) is 5.60 Å². The molecule has 2 atom stereocenters. The first-order valence-electron chi connectivity index (χ1n) is 11.0. The number of esters is 1. The lowest BCUT2D eigenvalue weighted by Crippen LogP contribution is -2.24. The Morgan fingerprint density at radius 3 is 2.21 bits per heavy atom. The van der Waals surface area contributed by atoms with Gasteiger partial charge in [0, 0.05) is 19.6 Å². The summed E-state index contributed by atoms with van der Waals surface area (Å²) in [5, 5.41) is 0. The van der Waals surface area contributed by atoms with Gasteiger partial charge in [-0.3, -0.25) is 4.79 Å². The van der Waals surface area contributed by atoms with Gasteiger partial charge in [-0.05, 0) is 69.4 Å². The van der Waals surface area contributed by atoms with Crippen LogP contribution in [0.25, 0.3) is 0 Å². The zero-order chi connectivity index (χ0) is 20.0. The Labute approximate surface area is 170 Å². The van der Waals surface area contributed by atoms with Crippen LogP contribution in [0.4, 0.5) is 0 Å². The van der Waals surface area contributed by atoms with Crippen LogP contribution < -0.4 is 0 Å². The standard InChI is InChI=1S/C24H37NO3/c1-24(2,3)28-23(26)13-16-27-15-12-20-9-7-19(8-10-20)11-14-25-17-21-5-4-6-22(21)18-25/h7-10,21-22H,4-6,11-18H2,1-3H3. The van der Waals surface area contributed by atoms with Crippen LogP contribution >= 0.6 is 0 Å². The molecule has 4 heteroatoms. The Morgan fingerprint density at radius 2 is 1.61 bits per heavy atom. The maximum atomic E-state index is 11.6. The molecule has 0 aromatic heterocycles. The van der Waals surface area contributed by atoms with Crippen LogP contribution in [0, 0.1) is 11.8 Å². The molecule has 1 aromatic carbocycles. The van der Waals surface area contributed by atoms with Crippen molar-refractivity contribution in [1.29, 1.82) is 0 Å². The summed E-state index contributed by atoms with van der Waals surface area (Å²) in [6.07, 6.45) is 6.70. The first-order chi connectivity index (χ1) is 13.4. The fourth-order valence-corrected chi connectivity index (χ4v) is 4.51. The summed E-state index contributed by atoms with van der Waals surface area (Å²) in [6.45, 7) is 10.5. The number of rotatable bonds is 9. The lowest BCUT2D eigenvalue weighted by molar-refractivity contribution is -0.156. The van der Waals surface area contributed by atoms with Gasteiger partial charge in [-0.2, -0.15) is 0 Å². The average molecular weight is 388 g/mol. The molecule has 3 rings (SSSR count). The normalized spacial score (nSPS) is 22.4. The molecular weight excluding hydrogens is 350 g/mol. The lowest BCUT2D eigenvalue weighted by Gasteiger charge is -2.19. The third-order valence-electron chi connectivity index (χ3n) is 5.95. The first kappa shape index (κ1) is 21.3. The lowest BCUT2D eigenvalue weighted by atomic mass is 10.0. The number of carbonyl (C=O) groups excluding carboxylic acids is 1. The predicted molar refractivity (Wildman–Crippen MR) is 112 cm³/mol. The van der Waals surface area contributed by atoms with Crippen LogP contribution in [0.2, 0.25) is 0 Å². The number of hydrogen-bond acceptors (Lipinski definition) is 4. The Morgan fingerprint density at radius 1 is 1.00 bits per heavy atom. The molecule has 1 saturated heterocycles. The van der Waals surface area contributed by atoms with E-state index in [4.69, 9.17) is 9.47 Å². The van der Waals surface area contributed by atoms with Crippen LogP contribution in [0.5, 0.6) is 0 Å². The first-order valence-corrected chi connectivity index (χ1v) is 11.0. The molecule has 1 aromatic rings. The average Bonchev–Trinajstić information content (AvgIpc) is 3.21. The van der Waals surface area contributed by atoms with Crippen molar-refractivity contribution in [3.63, 3.8) is 0 Å². The zero-order valence-electron chi connectivity index (χ0n) is 17.9. The second-order valence-corrected chi connectivity index (χ2v) is 9.48. The van der Waals surface area contributed by atoms with E-state index >= 15 is 0 Å². The van der Waals surface area contributed by atoms with Crippen LogP contribution in [-0.4, -0.2) is 49.3 Å². The molecule has 156 valence electrons. The van der Waals surface area contributed by atoms with Crippen molar-refractivity contribution in [3.8, 4) is 0 Å². The number of benzene rings is 1.